The summed E-state index contributed by atoms with van der Waals surface area (Å²) >= 11 is 0. The van der Waals surface area contributed by atoms with Crippen LogP contribution in [0.1, 0.15) is 56.1 Å². The summed E-state index contributed by atoms with van der Waals surface area (Å²) < 4.78 is 42.5. The number of rotatable bonds is 11. The van der Waals surface area contributed by atoms with Gasteiger partial charge in [0.2, 0.25) is 15.9 Å². The van der Waals surface area contributed by atoms with Crippen molar-refractivity contribution >= 4 is 15.9 Å². The standard InChI is InChI=1S/C28H43N3O5S/c1-19(2)17-30(37(33,34)28-21(5)16-25(35-8)22(6)23(28)7)14-15-36-18-26(32)31-13-12-29-11-9-10-24(29)27(31)20(3)4/h9-11,16,19-20,27H,12-15,17-18H2,1-8H3. The average Bonchev–Trinajstić information content (AvgIpc) is 3.30. The van der Waals surface area contributed by atoms with Gasteiger partial charge in [-0.15, -0.1) is 0 Å². The van der Waals surface area contributed by atoms with Crippen LogP contribution in [0, 0.1) is 32.6 Å². The molecule has 0 saturated heterocycles. The molecule has 1 unspecified atom stereocenters. The fraction of sp³-hybridized carbons (Fsp3) is 0.607. The summed E-state index contributed by atoms with van der Waals surface area (Å²) in [4.78, 5) is 15.3. The van der Waals surface area contributed by atoms with Crippen LogP contribution < -0.4 is 4.74 Å². The molecule has 1 aliphatic rings. The summed E-state index contributed by atoms with van der Waals surface area (Å²) in [7, 11) is -2.19. The number of methoxy groups -OCH3 is 1. The molecule has 0 radical (unpaired) electrons. The Kier molecular flexibility index (Phi) is 9.47. The minimum Gasteiger partial charge on any atom is -0.496 e. The summed E-state index contributed by atoms with van der Waals surface area (Å²) in [5.74, 6) is 1.01. The molecule has 0 spiro atoms. The van der Waals surface area contributed by atoms with Crippen molar-refractivity contribution in [2.75, 3.05) is 40.0 Å². The number of hydrogen-bond acceptors (Lipinski definition) is 5. The number of fused-ring (bicyclic) bond motifs is 1. The van der Waals surface area contributed by atoms with E-state index in [4.69, 9.17) is 9.47 Å². The minimum absolute atomic E-state index is 0.00179. The predicted octanol–water partition coefficient (Wildman–Crippen LogP) is 4.32. The quantitative estimate of drug-likeness (QED) is 0.402. The second kappa shape index (κ2) is 12.0. The average molecular weight is 534 g/mol. The zero-order valence-electron chi connectivity index (χ0n) is 23.6. The van der Waals surface area contributed by atoms with Gasteiger partial charge in [-0.05, 0) is 67.5 Å². The fourth-order valence-electron chi connectivity index (χ4n) is 5.28. The molecule has 0 bridgehead atoms. The maximum absolute atomic E-state index is 13.8. The second-order valence-electron chi connectivity index (χ2n) is 10.7. The van der Waals surface area contributed by atoms with Crippen molar-refractivity contribution in [2.24, 2.45) is 11.8 Å². The van der Waals surface area contributed by atoms with E-state index in [0.29, 0.717) is 34.9 Å². The summed E-state index contributed by atoms with van der Waals surface area (Å²) in [5, 5.41) is 0. The number of hydrogen-bond donors (Lipinski definition) is 0. The van der Waals surface area contributed by atoms with E-state index in [0.717, 1.165) is 17.8 Å². The van der Waals surface area contributed by atoms with Gasteiger partial charge in [0.05, 0.1) is 24.7 Å². The Morgan fingerprint density at radius 2 is 1.84 bits per heavy atom. The predicted molar refractivity (Wildman–Crippen MR) is 145 cm³/mol. The first-order valence-corrected chi connectivity index (χ1v) is 14.5. The number of sulfonamides is 1. The minimum atomic E-state index is -3.77. The van der Waals surface area contributed by atoms with Gasteiger partial charge in [-0.3, -0.25) is 4.79 Å². The van der Waals surface area contributed by atoms with Crippen LogP contribution in [-0.2, 0) is 26.1 Å². The van der Waals surface area contributed by atoms with Gasteiger partial charge >= 0.3 is 0 Å². The molecular formula is C28H43N3O5S. The van der Waals surface area contributed by atoms with Crippen molar-refractivity contribution in [3.8, 4) is 5.75 Å². The van der Waals surface area contributed by atoms with Crippen molar-refractivity contribution in [1.82, 2.24) is 13.8 Å². The maximum Gasteiger partial charge on any atom is 0.249 e. The highest BCUT2D eigenvalue weighted by atomic mass is 32.2. The number of ether oxygens (including phenoxy) is 2. The zero-order chi connectivity index (χ0) is 27.5. The molecule has 8 nitrogen and oxygen atoms in total. The van der Waals surface area contributed by atoms with Crippen LogP contribution >= 0.6 is 0 Å². The van der Waals surface area contributed by atoms with Gasteiger partial charge in [0.1, 0.15) is 12.4 Å². The number of aryl methyl sites for hydroxylation is 1. The first-order valence-electron chi connectivity index (χ1n) is 13.1. The van der Waals surface area contributed by atoms with Gasteiger partial charge in [0.15, 0.2) is 0 Å². The molecule has 0 aliphatic carbocycles. The highest BCUT2D eigenvalue weighted by Crippen LogP contribution is 2.33. The van der Waals surface area contributed by atoms with Crippen LogP contribution in [0.4, 0.5) is 0 Å². The third-order valence-electron chi connectivity index (χ3n) is 7.11. The molecule has 2 aromatic rings. The lowest BCUT2D eigenvalue weighted by Gasteiger charge is -2.39. The Morgan fingerprint density at radius 3 is 2.46 bits per heavy atom. The van der Waals surface area contributed by atoms with E-state index in [1.165, 1.54) is 4.31 Å². The van der Waals surface area contributed by atoms with Crippen LogP contribution in [-0.4, -0.2) is 68.1 Å². The highest BCUT2D eigenvalue weighted by Gasteiger charge is 2.33. The molecule has 0 N–H and O–H groups in total. The third-order valence-corrected chi connectivity index (χ3v) is 9.27. The van der Waals surface area contributed by atoms with Gasteiger partial charge in [-0.25, -0.2) is 8.42 Å². The summed E-state index contributed by atoms with van der Waals surface area (Å²) in [5.41, 5.74) is 3.30. The maximum atomic E-state index is 13.8. The number of carbonyl (C=O) groups is 1. The van der Waals surface area contributed by atoms with Gasteiger partial charge in [0.25, 0.3) is 0 Å². The SMILES string of the molecule is COc1cc(C)c(S(=O)(=O)N(CCOCC(=O)N2CCn3cccc3C2C(C)C)CC(C)C)c(C)c1C. The Balaban J connectivity index is 1.70. The van der Waals surface area contributed by atoms with E-state index in [2.05, 4.69) is 30.7 Å². The molecule has 2 heterocycles. The molecule has 1 amide bonds. The van der Waals surface area contributed by atoms with E-state index in [1.807, 2.05) is 38.7 Å². The van der Waals surface area contributed by atoms with E-state index in [1.54, 1.807) is 20.1 Å². The van der Waals surface area contributed by atoms with Gasteiger partial charge in [0, 0.05) is 38.1 Å². The molecule has 1 atom stereocenters. The first kappa shape index (κ1) is 29.2. The normalized spacial score (nSPS) is 16.1. The third kappa shape index (κ3) is 6.21. The zero-order valence-corrected chi connectivity index (χ0v) is 24.4. The second-order valence-corrected chi connectivity index (χ2v) is 12.6. The monoisotopic (exact) mass is 533 g/mol. The fourth-order valence-corrected chi connectivity index (χ4v) is 7.35. The number of amides is 1. The lowest BCUT2D eigenvalue weighted by molar-refractivity contribution is -0.141. The summed E-state index contributed by atoms with van der Waals surface area (Å²) in [6.07, 6.45) is 2.06. The number of aromatic nitrogens is 1. The number of carbonyl (C=O) groups excluding carboxylic acids is 1. The molecular weight excluding hydrogens is 490 g/mol. The number of benzene rings is 1. The Labute approximate surface area is 222 Å². The van der Waals surface area contributed by atoms with E-state index in [9.17, 15) is 13.2 Å². The first-order chi connectivity index (χ1) is 17.4. The molecule has 37 heavy (non-hydrogen) atoms. The van der Waals surface area contributed by atoms with Crippen molar-refractivity contribution in [2.45, 2.75) is 65.9 Å². The van der Waals surface area contributed by atoms with Crippen molar-refractivity contribution in [1.29, 1.82) is 0 Å². The van der Waals surface area contributed by atoms with Gasteiger partial charge < -0.3 is 18.9 Å². The molecule has 3 rings (SSSR count). The van der Waals surface area contributed by atoms with E-state index >= 15 is 0 Å². The van der Waals surface area contributed by atoms with E-state index in [-0.39, 0.29) is 43.5 Å². The van der Waals surface area contributed by atoms with Crippen LogP contribution in [0.3, 0.4) is 0 Å². The smallest absolute Gasteiger partial charge is 0.249 e. The summed E-state index contributed by atoms with van der Waals surface area (Å²) in [6.45, 7) is 15.7. The largest absolute Gasteiger partial charge is 0.496 e. The van der Waals surface area contributed by atoms with Gasteiger partial charge in [-0.1, -0.05) is 27.7 Å². The van der Waals surface area contributed by atoms with Crippen molar-refractivity contribution in [3.05, 3.63) is 46.8 Å². The van der Waals surface area contributed by atoms with E-state index < -0.39 is 10.0 Å². The number of nitrogens with zero attached hydrogens (tertiary/aromatic N) is 3. The Morgan fingerprint density at radius 1 is 1.14 bits per heavy atom. The lowest BCUT2D eigenvalue weighted by atomic mass is 9.97. The van der Waals surface area contributed by atoms with Crippen LogP contribution in [0.5, 0.6) is 5.75 Å². The molecule has 1 aromatic heterocycles. The van der Waals surface area contributed by atoms with Gasteiger partial charge in [-0.2, -0.15) is 4.31 Å². The summed E-state index contributed by atoms with van der Waals surface area (Å²) in [6, 6.07) is 5.87. The molecule has 1 aliphatic heterocycles. The Hall–Kier alpha value is -2.36. The lowest BCUT2D eigenvalue weighted by Crippen LogP contribution is -2.45. The van der Waals surface area contributed by atoms with Crippen LogP contribution in [0.25, 0.3) is 0 Å². The molecule has 206 valence electrons. The molecule has 0 fully saturated rings. The molecule has 0 saturated carbocycles. The topological polar surface area (TPSA) is 81.1 Å². The van der Waals surface area contributed by atoms with Crippen molar-refractivity contribution < 1.29 is 22.7 Å². The van der Waals surface area contributed by atoms with Crippen LogP contribution in [0.2, 0.25) is 0 Å². The highest BCUT2D eigenvalue weighted by molar-refractivity contribution is 7.89. The molecule has 9 heteroatoms. The van der Waals surface area contributed by atoms with Crippen molar-refractivity contribution in [3.63, 3.8) is 0 Å². The Bertz CT molecular complexity index is 1200. The molecule has 1 aromatic carbocycles. The van der Waals surface area contributed by atoms with Crippen LogP contribution in [0.15, 0.2) is 29.3 Å².